The minimum Gasteiger partial charge on any atom is -0.342 e. The van der Waals surface area contributed by atoms with Gasteiger partial charge in [-0.15, -0.1) is 0 Å². The highest BCUT2D eigenvalue weighted by molar-refractivity contribution is 5.92. The number of rotatable bonds is 2. The van der Waals surface area contributed by atoms with Crippen molar-refractivity contribution in [3.05, 3.63) is 30.1 Å². The third-order valence-corrected chi connectivity index (χ3v) is 5.10. The van der Waals surface area contributed by atoms with Crippen LogP contribution in [0.25, 0.3) is 0 Å². The predicted octanol–water partition coefficient (Wildman–Crippen LogP) is 0.624. The standard InChI is InChI=1S/C18H24N4O3/c1-3-20-11-18(10-16(20)24)12-21(14(2)23)8-9-22(13-18)17(25)15-6-4-5-7-19-15/h4-7H,3,8-13H2,1-2H3/t18-/m1/s1. The second-order valence-electron chi connectivity index (χ2n) is 6.97. The van der Waals surface area contributed by atoms with Gasteiger partial charge in [-0.25, -0.2) is 0 Å². The fraction of sp³-hybridized carbons (Fsp3) is 0.556. The van der Waals surface area contributed by atoms with E-state index in [0.717, 1.165) is 0 Å². The smallest absolute Gasteiger partial charge is 0.272 e. The molecule has 1 aromatic heterocycles. The maximum Gasteiger partial charge on any atom is 0.272 e. The monoisotopic (exact) mass is 344 g/mol. The van der Waals surface area contributed by atoms with Crippen molar-refractivity contribution in [1.82, 2.24) is 19.7 Å². The minimum absolute atomic E-state index is 0.0195. The fourth-order valence-electron chi connectivity index (χ4n) is 3.83. The van der Waals surface area contributed by atoms with Crippen LogP contribution in [0.5, 0.6) is 0 Å². The first kappa shape index (κ1) is 17.4. The molecule has 2 aliphatic heterocycles. The third-order valence-electron chi connectivity index (χ3n) is 5.10. The summed E-state index contributed by atoms with van der Waals surface area (Å²) >= 11 is 0. The molecule has 7 heteroatoms. The van der Waals surface area contributed by atoms with E-state index < -0.39 is 5.41 Å². The van der Waals surface area contributed by atoms with Crippen LogP contribution in [0.1, 0.15) is 30.8 Å². The summed E-state index contributed by atoms with van der Waals surface area (Å²) in [7, 11) is 0. The molecule has 25 heavy (non-hydrogen) atoms. The number of likely N-dealkylation sites (tertiary alicyclic amines) is 1. The van der Waals surface area contributed by atoms with Crippen molar-refractivity contribution in [3.8, 4) is 0 Å². The van der Waals surface area contributed by atoms with Crippen LogP contribution >= 0.6 is 0 Å². The molecule has 1 atom stereocenters. The highest BCUT2D eigenvalue weighted by Gasteiger charge is 2.47. The number of pyridine rings is 1. The van der Waals surface area contributed by atoms with E-state index in [1.165, 1.54) is 6.92 Å². The summed E-state index contributed by atoms with van der Waals surface area (Å²) < 4.78 is 0. The molecule has 2 saturated heterocycles. The number of carbonyl (C=O) groups excluding carboxylic acids is 3. The third kappa shape index (κ3) is 3.50. The summed E-state index contributed by atoms with van der Waals surface area (Å²) in [5.74, 6) is -0.0696. The van der Waals surface area contributed by atoms with Crippen molar-refractivity contribution in [2.75, 3.05) is 39.3 Å². The quantitative estimate of drug-likeness (QED) is 0.788. The van der Waals surface area contributed by atoms with Crippen molar-refractivity contribution in [2.45, 2.75) is 20.3 Å². The number of aromatic nitrogens is 1. The van der Waals surface area contributed by atoms with Crippen LogP contribution in [0.15, 0.2) is 24.4 Å². The first-order valence-corrected chi connectivity index (χ1v) is 8.68. The summed E-state index contributed by atoms with van der Waals surface area (Å²) in [6.45, 7) is 6.64. The Bertz CT molecular complexity index is 678. The van der Waals surface area contributed by atoms with E-state index in [-0.39, 0.29) is 17.7 Å². The van der Waals surface area contributed by atoms with Gasteiger partial charge in [0.25, 0.3) is 5.91 Å². The Kier molecular flexibility index (Phi) is 4.74. The zero-order valence-corrected chi connectivity index (χ0v) is 14.8. The van der Waals surface area contributed by atoms with Crippen molar-refractivity contribution in [3.63, 3.8) is 0 Å². The van der Waals surface area contributed by atoms with Gasteiger partial charge in [-0.2, -0.15) is 0 Å². The summed E-state index contributed by atoms with van der Waals surface area (Å²) in [4.78, 5) is 46.6. The van der Waals surface area contributed by atoms with E-state index in [1.807, 2.05) is 11.8 Å². The van der Waals surface area contributed by atoms with Crippen LogP contribution in [0.2, 0.25) is 0 Å². The SMILES string of the molecule is CCN1C[C@]2(CC1=O)CN(C(C)=O)CCN(C(=O)c1ccccn1)C2. The summed E-state index contributed by atoms with van der Waals surface area (Å²) in [5.41, 5.74) is -0.00900. The Balaban J connectivity index is 1.88. The van der Waals surface area contributed by atoms with E-state index in [2.05, 4.69) is 4.98 Å². The second kappa shape index (κ2) is 6.82. The molecule has 3 rings (SSSR count). The summed E-state index contributed by atoms with van der Waals surface area (Å²) in [6.07, 6.45) is 1.97. The van der Waals surface area contributed by atoms with E-state index in [0.29, 0.717) is 51.4 Å². The number of amides is 3. The molecule has 134 valence electrons. The van der Waals surface area contributed by atoms with Crippen molar-refractivity contribution in [1.29, 1.82) is 0 Å². The summed E-state index contributed by atoms with van der Waals surface area (Å²) in [6, 6.07) is 5.25. The zero-order chi connectivity index (χ0) is 18.0. The van der Waals surface area contributed by atoms with Crippen molar-refractivity contribution < 1.29 is 14.4 Å². The maximum absolute atomic E-state index is 12.9. The lowest BCUT2D eigenvalue weighted by Gasteiger charge is -2.33. The minimum atomic E-state index is -0.403. The molecular weight excluding hydrogens is 320 g/mol. The molecule has 1 spiro atoms. The molecule has 3 amide bonds. The molecule has 7 nitrogen and oxygen atoms in total. The predicted molar refractivity (Wildman–Crippen MR) is 91.7 cm³/mol. The van der Waals surface area contributed by atoms with Crippen LogP contribution < -0.4 is 0 Å². The Morgan fingerprint density at radius 3 is 2.48 bits per heavy atom. The molecule has 0 N–H and O–H groups in total. The number of hydrogen-bond acceptors (Lipinski definition) is 4. The van der Waals surface area contributed by atoms with E-state index in [1.54, 1.807) is 34.2 Å². The number of carbonyl (C=O) groups is 3. The molecule has 1 aromatic rings. The topological polar surface area (TPSA) is 73.8 Å². The maximum atomic E-state index is 12.9. The lowest BCUT2D eigenvalue weighted by atomic mass is 9.85. The highest BCUT2D eigenvalue weighted by atomic mass is 16.2. The van der Waals surface area contributed by atoms with Gasteiger partial charge >= 0.3 is 0 Å². The first-order valence-electron chi connectivity index (χ1n) is 8.68. The van der Waals surface area contributed by atoms with Gasteiger partial charge in [0.05, 0.1) is 0 Å². The van der Waals surface area contributed by atoms with Gasteiger partial charge in [0.1, 0.15) is 5.69 Å². The van der Waals surface area contributed by atoms with E-state index in [9.17, 15) is 14.4 Å². The van der Waals surface area contributed by atoms with Crippen LogP contribution in [0.3, 0.4) is 0 Å². The van der Waals surface area contributed by atoms with E-state index in [4.69, 9.17) is 0 Å². The Labute approximate surface area is 147 Å². The first-order chi connectivity index (χ1) is 11.9. The Morgan fingerprint density at radius 2 is 1.88 bits per heavy atom. The van der Waals surface area contributed by atoms with Gasteiger partial charge in [0.2, 0.25) is 11.8 Å². The van der Waals surface area contributed by atoms with Gasteiger partial charge in [0, 0.05) is 64.2 Å². The second-order valence-corrected chi connectivity index (χ2v) is 6.97. The van der Waals surface area contributed by atoms with Crippen LogP contribution in [0.4, 0.5) is 0 Å². The van der Waals surface area contributed by atoms with Gasteiger partial charge < -0.3 is 14.7 Å². The summed E-state index contributed by atoms with van der Waals surface area (Å²) in [5, 5.41) is 0. The zero-order valence-electron chi connectivity index (χ0n) is 14.8. The Hall–Kier alpha value is -2.44. The molecule has 2 fully saturated rings. The van der Waals surface area contributed by atoms with E-state index >= 15 is 0 Å². The van der Waals surface area contributed by atoms with Crippen LogP contribution in [0, 0.1) is 5.41 Å². The van der Waals surface area contributed by atoms with Crippen molar-refractivity contribution in [2.24, 2.45) is 5.41 Å². The normalized spacial score (nSPS) is 23.9. The molecule has 0 aromatic carbocycles. The highest BCUT2D eigenvalue weighted by Crippen LogP contribution is 2.35. The molecular formula is C18H24N4O3. The molecule has 0 aliphatic carbocycles. The molecule has 0 radical (unpaired) electrons. The van der Waals surface area contributed by atoms with Gasteiger partial charge in [-0.05, 0) is 19.1 Å². The fourth-order valence-corrected chi connectivity index (χ4v) is 3.83. The number of hydrogen-bond donors (Lipinski definition) is 0. The molecule has 0 bridgehead atoms. The number of nitrogens with zero attached hydrogens (tertiary/aromatic N) is 4. The Morgan fingerprint density at radius 1 is 1.16 bits per heavy atom. The van der Waals surface area contributed by atoms with Crippen molar-refractivity contribution >= 4 is 17.7 Å². The average molecular weight is 344 g/mol. The van der Waals surface area contributed by atoms with Crippen LogP contribution in [-0.4, -0.2) is 76.7 Å². The largest absolute Gasteiger partial charge is 0.342 e. The molecule has 0 unspecified atom stereocenters. The average Bonchev–Trinajstić information content (AvgIpc) is 2.80. The molecule has 2 aliphatic rings. The van der Waals surface area contributed by atoms with Gasteiger partial charge in [-0.3, -0.25) is 19.4 Å². The van der Waals surface area contributed by atoms with Crippen LogP contribution in [-0.2, 0) is 9.59 Å². The molecule has 3 heterocycles. The lowest BCUT2D eigenvalue weighted by molar-refractivity contribution is -0.130. The molecule has 0 saturated carbocycles. The van der Waals surface area contributed by atoms with Gasteiger partial charge in [-0.1, -0.05) is 6.07 Å². The lowest BCUT2D eigenvalue weighted by Crippen LogP contribution is -2.45. The van der Waals surface area contributed by atoms with Gasteiger partial charge in [0.15, 0.2) is 0 Å².